The highest BCUT2D eigenvalue weighted by Crippen LogP contribution is 2.16. The van der Waals surface area contributed by atoms with Crippen LogP contribution >= 0.6 is 0 Å². The molecule has 0 aliphatic heterocycles. The average Bonchev–Trinajstić information content (AvgIpc) is 2.52. The summed E-state index contributed by atoms with van der Waals surface area (Å²) < 4.78 is 0. The summed E-state index contributed by atoms with van der Waals surface area (Å²) in [7, 11) is 0. The lowest BCUT2D eigenvalue weighted by molar-refractivity contribution is 0.426. The second-order valence-corrected chi connectivity index (χ2v) is 4.30. The van der Waals surface area contributed by atoms with Gasteiger partial charge in [0.05, 0.1) is 12.6 Å². The van der Waals surface area contributed by atoms with Crippen molar-refractivity contribution in [1.29, 1.82) is 5.26 Å². The molecule has 5 heteroatoms. The number of hydrogen-bond donors (Lipinski definition) is 0. The minimum absolute atomic E-state index is 0.474. The summed E-state index contributed by atoms with van der Waals surface area (Å²) in [5.41, 5.74) is -0.658. The van der Waals surface area contributed by atoms with Gasteiger partial charge in [-0.25, -0.2) is 0 Å². The van der Waals surface area contributed by atoms with Gasteiger partial charge >= 0.3 is 0 Å². The molecule has 1 aromatic heterocycles. The SMILES string of the molecule is CC(C)Cn1nnc(C(C)(C)C#N)n1. The summed E-state index contributed by atoms with van der Waals surface area (Å²) in [6.45, 7) is 8.46. The number of nitriles is 1. The molecule has 1 rings (SSSR count). The van der Waals surface area contributed by atoms with E-state index in [2.05, 4.69) is 35.3 Å². The van der Waals surface area contributed by atoms with Gasteiger partial charge in [0.25, 0.3) is 0 Å². The largest absolute Gasteiger partial charge is 0.197 e. The lowest BCUT2D eigenvalue weighted by Crippen LogP contribution is -2.17. The van der Waals surface area contributed by atoms with E-state index < -0.39 is 5.41 Å². The van der Waals surface area contributed by atoms with Crippen LogP contribution in [0.1, 0.15) is 33.5 Å². The molecule has 76 valence electrons. The molecule has 0 radical (unpaired) electrons. The lowest BCUT2D eigenvalue weighted by Gasteiger charge is -2.07. The molecule has 0 amide bonds. The van der Waals surface area contributed by atoms with Gasteiger partial charge in [0.2, 0.25) is 0 Å². The molecular weight excluding hydrogens is 178 g/mol. The van der Waals surface area contributed by atoms with E-state index in [4.69, 9.17) is 5.26 Å². The molecule has 0 saturated carbocycles. The van der Waals surface area contributed by atoms with Crippen molar-refractivity contribution < 1.29 is 0 Å². The van der Waals surface area contributed by atoms with Crippen LogP contribution in [-0.4, -0.2) is 20.2 Å². The molecule has 0 aromatic carbocycles. The fourth-order valence-electron chi connectivity index (χ4n) is 0.947. The second-order valence-electron chi connectivity index (χ2n) is 4.30. The average molecular weight is 193 g/mol. The first-order valence-electron chi connectivity index (χ1n) is 4.65. The maximum atomic E-state index is 8.87. The first-order chi connectivity index (χ1) is 6.45. The van der Waals surface area contributed by atoms with Crippen molar-refractivity contribution in [3.63, 3.8) is 0 Å². The molecular formula is C9H15N5. The zero-order valence-electron chi connectivity index (χ0n) is 9.02. The van der Waals surface area contributed by atoms with Gasteiger partial charge in [-0.3, -0.25) is 0 Å². The van der Waals surface area contributed by atoms with Crippen LogP contribution in [-0.2, 0) is 12.0 Å². The van der Waals surface area contributed by atoms with Crippen molar-refractivity contribution in [3.8, 4) is 6.07 Å². The van der Waals surface area contributed by atoms with Crippen LogP contribution in [0.4, 0.5) is 0 Å². The molecule has 0 fully saturated rings. The van der Waals surface area contributed by atoms with Gasteiger partial charge in [-0.1, -0.05) is 13.8 Å². The van der Waals surface area contributed by atoms with Crippen molar-refractivity contribution in [2.24, 2.45) is 5.92 Å². The third-order valence-corrected chi connectivity index (χ3v) is 1.82. The Morgan fingerprint density at radius 1 is 1.50 bits per heavy atom. The van der Waals surface area contributed by atoms with Gasteiger partial charge < -0.3 is 0 Å². The molecule has 0 spiro atoms. The van der Waals surface area contributed by atoms with Crippen LogP contribution in [0.2, 0.25) is 0 Å². The number of nitrogens with zero attached hydrogens (tertiary/aromatic N) is 5. The number of rotatable bonds is 3. The highest BCUT2D eigenvalue weighted by Gasteiger charge is 2.25. The highest BCUT2D eigenvalue weighted by molar-refractivity contribution is 5.13. The molecule has 0 bridgehead atoms. The predicted molar refractivity (Wildman–Crippen MR) is 51.3 cm³/mol. The van der Waals surface area contributed by atoms with Crippen molar-refractivity contribution in [1.82, 2.24) is 20.2 Å². The number of hydrogen-bond acceptors (Lipinski definition) is 4. The van der Waals surface area contributed by atoms with Crippen LogP contribution in [0.15, 0.2) is 0 Å². The Morgan fingerprint density at radius 2 is 2.14 bits per heavy atom. The van der Waals surface area contributed by atoms with Gasteiger partial charge in [-0.2, -0.15) is 10.1 Å². The molecule has 0 N–H and O–H groups in total. The van der Waals surface area contributed by atoms with E-state index in [1.807, 2.05) is 0 Å². The number of tetrazole rings is 1. The van der Waals surface area contributed by atoms with Crippen LogP contribution in [0.5, 0.6) is 0 Å². The summed E-state index contributed by atoms with van der Waals surface area (Å²) >= 11 is 0. The molecule has 1 heterocycles. The van der Waals surface area contributed by atoms with E-state index in [1.165, 1.54) is 0 Å². The van der Waals surface area contributed by atoms with Crippen LogP contribution < -0.4 is 0 Å². The summed E-state index contributed by atoms with van der Waals surface area (Å²) in [5.74, 6) is 0.961. The Hall–Kier alpha value is -1.44. The highest BCUT2D eigenvalue weighted by atomic mass is 15.6. The molecule has 14 heavy (non-hydrogen) atoms. The Balaban J connectivity index is 2.84. The smallest absolute Gasteiger partial charge is 0.194 e. The van der Waals surface area contributed by atoms with Gasteiger partial charge in [0, 0.05) is 0 Å². The van der Waals surface area contributed by atoms with E-state index in [0.29, 0.717) is 11.7 Å². The second kappa shape index (κ2) is 3.74. The van der Waals surface area contributed by atoms with Gasteiger partial charge in [0.15, 0.2) is 5.82 Å². The maximum Gasteiger partial charge on any atom is 0.194 e. The molecule has 1 aromatic rings. The minimum Gasteiger partial charge on any atom is -0.197 e. The fourth-order valence-corrected chi connectivity index (χ4v) is 0.947. The summed E-state index contributed by atoms with van der Waals surface area (Å²) in [5, 5.41) is 20.8. The third kappa shape index (κ3) is 2.28. The van der Waals surface area contributed by atoms with Crippen LogP contribution in [0.3, 0.4) is 0 Å². The van der Waals surface area contributed by atoms with E-state index >= 15 is 0 Å². The first-order valence-corrected chi connectivity index (χ1v) is 4.65. The van der Waals surface area contributed by atoms with Crippen LogP contribution in [0, 0.1) is 17.2 Å². The molecule has 0 unspecified atom stereocenters. The monoisotopic (exact) mass is 193 g/mol. The van der Waals surface area contributed by atoms with Gasteiger partial charge in [-0.05, 0) is 25.0 Å². The molecule has 0 atom stereocenters. The van der Waals surface area contributed by atoms with E-state index in [1.54, 1.807) is 18.6 Å². The Bertz CT molecular complexity index is 344. The Morgan fingerprint density at radius 3 is 2.64 bits per heavy atom. The third-order valence-electron chi connectivity index (χ3n) is 1.82. The lowest BCUT2D eigenvalue weighted by atomic mass is 9.95. The topological polar surface area (TPSA) is 67.4 Å². The first kappa shape index (κ1) is 10.6. The van der Waals surface area contributed by atoms with Gasteiger partial charge in [-0.15, -0.1) is 10.2 Å². The van der Waals surface area contributed by atoms with Crippen molar-refractivity contribution in [2.75, 3.05) is 0 Å². The predicted octanol–water partition coefficient (Wildman–Crippen LogP) is 1.13. The zero-order chi connectivity index (χ0) is 10.8. The van der Waals surface area contributed by atoms with Gasteiger partial charge in [0.1, 0.15) is 5.41 Å². The standard InChI is InChI=1S/C9H15N5/c1-7(2)5-14-12-8(11-13-14)9(3,4)6-10/h7H,5H2,1-4H3. The van der Waals surface area contributed by atoms with Crippen molar-refractivity contribution in [2.45, 2.75) is 39.7 Å². The summed E-state index contributed by atoms with van der Waals surface area (Å²) in [6, 6.07) is 2.15. The normalized spacial score (nSPS) is 11.7. The molecule has 5 nitrogen and oxygen atoms in total. The van der Waals surface area contributed by atoms with Crippen LogP contribution in [0.25, 0.3) is 0 Å². The van der Waals surface area contributed by atoms with E-state index in [0.717, 1.165) is 6.54 Å². The quantitative estimate of drug-likeness (QED) is 0.721. The zero-order valence-corrected chi connectivity index (χ0v) is 9.02. The van der Waals surface area contributed by atoms with E-state index in [9.17, 15) is 0 Å². The Labute approximate surface area is 83.7 Å². The van der Waals surface area contributed by atoms with E-state index in [-0.39, 0.29) is 0 Å². The molecule has 0 saturated heterocycles. The molecule has 0 aliphatic carbocycles. The Kier molecular flexibility index (Phi) is 2.84. The van der Waals surface area contributed by atoms with Crippen molar-refractivity contribution >= 4 is 0 Å². The van der Waals surface area contributed by atoms with Crippen molar-refractivity contribution in [3.05, 3.63) is 5.82 Å². The number of aromatic nitrogens is 4. The molecule has 0 aliphatic rings. The summed E-state index contributed by atoms with van der Waals surface area (Å²) in [4.78, 5) is 1.54. The maximum absolute atomic E-state index is 8.87. The summed E-state index contributed by atoms with van der Waals surface area (Å²) in [6.07, 6.45) is 0. The minimum atomic E-state index is -0.658. The fraction of sp³-hybridized carbons (Fsp3) is 0.778.